The van der Waals surface area contributed by atoms with Crippen molar-refractivity contribution in [2.45, 2.75) is 17.6 Å². The van der Waals surface area contributed by atoms with Gasteiger partial charge in [0.2, 0.25) is 5.91 Å². The van der Waals surface area contributed by atoms with Crippen molar-refractivity contribution in [1.29, 1.82) is 0 Å². The van der Waals surface area contributed by atoms with Gasteiger partial charge in [-0.1, -0.05) is 47.5 Å². The quantitative estimate of drug-likeness (QED) is 0.354. The molecule has 33 heavy (non-hydrogen) atoms. The van der Waals surface area contributed by atoms with Gasteiger partial charge in [-0.3, -0.25) is 9.10 Å². The van der Waals surface area contributed by atoms with Crippen LogP contribution in [0.2, 0.25) is 10.0 Å². The van der Waals surface area contributed by atoms with Gasteiger partial charge in [0.1, 0.15) is 6.54 Å². The lowest BCUT2D eigenvalue weighted by Gasteiger charge is -2.24. The minimum Gasteiger partial charge on any atom is -0.354 e. The summed E-state index contributed by atoms with van der Waals surface area (Å²) in [5.74, 6) is 1.08. The summed E-state index contributed by atoms with van der Waals surface area (Å²) in [5, 5.41) is 3.94. The third-order valence-corrected chi connectivity index (χ3v) is 8.01. The Hall–Kier alpha value is -2.19. The molecule has 3 aromatic rings. The van der Waals surface area contributed by atoms with Crippen molar-refractivity contribution in [3.8, 4) is 0 Å². The number of sulfonamides is 1. The second-order valence-corrected chi connectivity index (χ2v) is 11.2. The highest BCUT2D eigenvalue weighted by Gasteiger charge is 2.27. The number of nitrogens with zero attached hydrogens (tertiary/aromatic N) is 1. The lowest BCUT2D eigenvalue weighted by atomic mass is 10.2. The number of anilines is 1. The normalized spacial score (nSPS) is 11.2. The van der Waals surface area contributed by atoms with Crippen molar-refractivity contribution >= 4 is 56.6 Å². The van der Waals surface area contributed by atoms with E-state index in [9.17, 15) is 13.2 Å². The molecule has 1 N–H and O–H groups in total. The highest BCUT2D eigenvalue weighted by Crippen LogP contribution is 2.25. The number of aryl methyl sites for hydroxylation is 1. The summed E-state index contributed by atoms with van der Waals surface area (Å²) in [6.45, 7) is 1.97. The zero-order valence-corrected chi connectivity index (χ0v) is 21.1. The molecule has 0 fully saturated rings. The predicted octanol–water partition coefficient (Wildman–Crippen LogP) is 5.55. The van der Waals surface area contributed by atoms with Gasteiger partial charge in [-0.15, -0.1) is 0 Å². The van der Waals surface area contributed by atoms with Gasteiger partial charge in [0.25, 0.3) is 10.0 Å². The second kappa shape index (κ2) is 11.8. The zero-order chi connectivity index (χ0) is 23.8. The average molecular weight is 524 g/mol. The monoisotopic (exact) mass is 522 g/mol. The lowest BCUT2D eigenvalue weighted by Crippen LogP contribution is -2.41. The SMILES string of the molecule is Cc1cccc(N(CC(=O)NCCSCc2cccc(Cl)c2)S(=O)(=O)c2ccc(Cl)cc2)c1. The molecule has 1 amide bonds. The fourth-order valence-electron chi connectivity index (χ4n) is 3.10. The van der Waals surface area contributed by atoms with Crippen LogP contribution in [0.3, 0.4) is 0 Å². The van der Waals surface area contributed by atoms with Crippen LogP contribution >= 0.6 is 35.0 Å². The standard InChI is InChI=1S/C24H24Cl2N2O3S2/c1-18-4-2-7-22(14-18)28(33(30,31)23-10-8-20(25)9-11-23)16-24(29)27-12-13-32-17-19-5-3-6-21(26)15-19/h2-11,14-15H,12-13,16-17H2,1H3,(H,27,29). The summed E-state index contributed by atoms with van der Waals surface area (Å²) < 4.78 is 27.8. The first-order valence-electron chi connectivity index (χ1n) is 10.2. The van der Waals surface area contributed by atoms with Crippen molar-refractivity contribution in [3.63, 3.8) is 0 Å². The van der Waals surface area contributed by atoms with E-state index in [0.29, 0.717) is 28.0 Å². The van der Waals surface area contributed by atoms with E-state index in [0.717, 1.165) is 21.2 Å². The molecular weight excluding hydrogens is 499 g/mol. The summed E-state index contributed by atoms with van der Waals surface area (Å²) >= 11 is 13.6. The minimum atomic E-state index is -3.96. The summed E-state index contributed by atoms with van der Waals surface area (Å²) in [4.78, 5) is 12.7. The van der Waals surface area contributed by atoms with Crippen LogP contribution < -0.4 is 9.62 Å². The van der Waals surface area contributed by atoms with Gasteiger partial charge >= 0.3 is 0 Å². The van der Waals surface area contributed by atoms with Gasteiger partial charge < -0.3 is 5.32 Å². The number of carbonyl (C=O) groups excluding carboxylic acids is 1. The topological polar surface area (TPSA) is 66.5 Å². The smallest absolute Gasteiger partial charge is 0.264 e. The maximum atomic E-state index is 13.3. The molecule has 0 aliphatic heterocycles. The first kappa shape index (κ1) is 25.4. The molecule has 0 radical (unpaired) electrons. The van der Waals surface area contributed by atoms with Crippen LogP contribution in [0, 0.1) is 6.92 Å². The first-order valence-corrected chi connectivity index (χ1v) is 13.5. The average Bonchev–Trinajstić information content (AvgIpc) is 2.77. The Morgan fingerprint density at radius 2 is 1.70 bits per heavy atom. The van der Waals surface area contributed by atoms with Crippen LogP contribution in [0.4, 0.5) is 5.69 Å². The van der Waals surface area contributed by atoms with Gasteiger partial charge in [-0.05, 0) is 66.6 Å². The molecule has 0 aliphatic carbocycles. The highest BCUT2D eigenvalue weighted by atomic mass is 35.5. The maximum Gasteiger partial charge on any atom is 0.264 e. The zero-order valence-electron chi connectivity index (χ0n) is 18.0. The Labute approximate surface area is 209 Å². The third-order valence-electron chi connectivity index (χ3n) is 4.70. The number of hydrogen-bond donors (Lipinski definition) is 1. The van der Waals surface area contributed by atoms with Gasteiger partial charge in [-0.2, -0.15) is 11.8 Å². The molecule has 0 saturated heterocycles. The van der Waals surface area contributed by atoms with Crippen LogP contribution in [0.15, 0.2) is 77.7 Å². The molecule has 0 bridgehead atoms. The van der Waals surface area contributed by atoms with Crippen molar-refractivity contribution in [3.05, 3.63) is 94.0 Å². The van der Waals surface area contributed by atoms with Gasteiger partial charge in [-0.25, -0.2) is 8.42 Å². The van der Waals surface area contributed by atoms with E-state index in [1.54, 1.807) is 30.0 Å². The number of hydrogen-bond acceptors (Lipinski definition) is 4. The van der Waals surface area contributed by atoms with E-state index < -0.39 is 10.0 Å². The molecule has 0 heterocycles. The van der Waals surface area contributed by atoms with E-state index in [1.165, 1.54) is 24.3 Å². The number of nitrogens with one attached hydrogen (secondary N) is 1. The van der Waals surface area contributed by atoms with Crippen molar-refractivity contribution in [2.24, 2.45) is 0 Å². The number of rotatable bonds is 10. The fraction of sp³-hybridized carbons (Fsp3) is 0.208. The Morgan fingerprint density at radius 1 is 0.970 bits per heavy atom. The number of carbonyl (C=O) groups is 1. The first-order chi connectivity index (χ1) is 15.8. The summed E-state index contributed by atoms with van der Waals surface area (Å²) in [7, 11) is -3.96. The minimum absolute atomic E-state index is 0.0679. The fourth-order valence-corrected chi connectivity index (χ4v) is 5.66. The Morgan fingerprint density at radius 3 is 2.39 bits per heavy atom. The Kier molecular flexibility index (Phi) is 9.09. The van der Waals surface area contributed by atoms with Gasteiger partial charge in [0.05, 0.1) is 10.6 Å². The van der Waals surface area contributed by atoms with E-state index >= 15 is 0 Å². The van der Waals surface area contributed by atoms with Crippen LogP contribution in [0.25, 0.3) is 0 Å². The van der Waals surface area contributed by atoms with E-state index in [4.69, 9.17) is 23.2 Å². The molecule has 0 atom stereocenters. The third kappa shape index (κ3) is 7.40. The van der Waals surface area contributed by atoms with E-state index in [2.05, 4.69) is 5.32 Å². The molecule has 174 valence electrons. The second-order valence-electron chi connectivity index (χ2n) is 7.34. The predicted molar refractivity (Wildman–Crippen MR) is 138 cm³/mol. The van der Waals surface area contributed by atoms with Crippen molar-refractivity contribution < 1.29 is 13.2 Å². The molecule has 0 spiro atoms. The van der Waals surface area contributed by atoms with E-state index in [-0.39, 0.29) is 17.3 Å². The van der Waals surface area contributed by atoms with Crippen molar-refractivity contribution in [1.82, 2.24) is 5.32 Å². The summed E-state index contributed by atoms with van der Waals surface area (Å²) in [6.07, 6.45) is 0. The molecule has 3 aromatic carbocycles. The molecule has 0 unspecified atom stereocenters. The molecule has 9 heteroatoms. The van der Waals surface area contributed by atoms with Crippen LogP contribution in [0.5, 0.6) is 0 Å². The Balaban J connectivity index is 1.64. The molecule has 0 saturated carbocycles. The highest BCUT2D eigenvalue weighted by molar-refractivity contribution is 7.98. The van der Waals surface area contributed by atoms with Crippen LogP contribution in [0.1, 0.15) is 11.1 Å². The van der Waals surface area contributed by atoms with Crippen LogP contribution in [-0.4, -0.2) is 33.2 Å². The number of halogens is 2. The number of thioether (sulfide) groups is 1. The largest absolute Gasteiger partial charge is 0.354 e. The van der Waals surface area contributed by atoms with Gasteiger partial charge in [0, 0.05) is 28.1 Å². The van der Waals surface area contributed by atoms with Gasteiger partial charge in [0.15, 0.2) is 0 Å². The van der Waals surface area contributed by atoms with Crippen molar-refractivity contribution in [2.75, 3.05) is 23.1 Å². The summed E-state index contributed by atoms with van der Waals surface area (Å²) in [6, 6.07) is 20.6. The molecule has 5 nitrogen and oxygen atoms in total. The molecular formula is C24H24Cl2N2O3S2. The van der Waals surface area contributed by atoms with E-state index in [1.807, 2.05) is 37.3 Å². The maximum absolute atomic E-state index is 13.3. The lowest BCUT2D eigenvalue weighted by molar-refractivity contribution is -0.119. The number of amides is 1. The van der Waals surface area contributed by atoms with Crippen LogP contribution in [-0.2, 0) is 20.6 Å². The summed E-state index contributed by atoms with van der Waals surface area (Å²) in [5.41, 5.74) is 2.43. The molecule has 3 rings (SSSR count). The number of benzene rings is 3. The molecule has 0 aliphatic rings. The molecule has 0 aromatic heterocycles. The Bertz CT molecular complexity index is 1200.